The average molecular weight is 428 g/mol. The maximum Gasteiger partial charge on any atom is 0.250 e. The molecule has 1 aliphatic carbocycles. The van der Waals surface area contributed by atoms with Gasteiger partial charge < -0.3 is 9.88 Å². The second-order valence-electron chi connectivity index (χ2n) is 8.66. The number of rotatable bonds is 4. The van der Waals surface area contributed by atoms with E-state index >= 15 is 0 Å². The zero-order valence-corrected chi connectivity index (χ0v) is 18.8. The molecule has 1 fully saturated rings. The van der Waals surface area contributed by atoms with E-state index in [-0.39, 0.29) is 11.8 Å². The van der Waals surface area contributed by atoms with Gasteiger partial charge in [-0.2, -0.15) is 0 Å². The van der Waals surface area contributed by atoms with Crippen LogP contribution >= 0.6 is 11.8 Å². The minimum Gasteiger partial charge on any atom is -0.322 e. The summed E-state index contributed by atoms with van der Waals surface area (Å²) in [6.45, 7) is 7.42. The number of fused-ring (bicyclic) bond motifs is 1. The molecule has 0 unspecified atom stereocenters. The van der Waals surface area contributed by atoms with E-state index < -0.39 is 10.8 Å². The lowest BCUT2D eigenvalue weighted by atomic mass is 9.95. The summed E-state index contributed by atoms with van der Waals surface area (Å²) in [6.07, 6.45) is 5.97. The molecule has 7 nitrogen and oxygen atoms in total. The molecule has 2 amide bonds. The van der Waals surface area contributed by atoms with Gasteiger partial charge >= 0.3 is 0 Å². The summed E-state index contributed by atoms with van der Waals surface area (Å²) in [6, 6.07) is 7.84. The van der Waals surface area contributed by atoms with Gasteiger partial charge in [-0.15, -0.1) is 10.2 Å². The predicted molar refractivity (Wildman–Crippen MR) is 119 cm³/mol. The first-order chi connectivity index (χ1) is 14.3. The van der Waals surface area contributed by atoms with Crippen LogP contribution in [0.1, 0.15) is 64.7 Å². The van der Waals surface area contributed by atoms with Crippen LogP contribution in [0.4, 0.5) is 11.4 Å². The molecule has 1 saturated carbocycles. The van der Waals surface area contributed by atoms with E-state index in [1.807, 2.05) is 38.1 Å². The minimum atomic E-state index is -0.979. The number of hydrogen-bond acceptors (Lipinski definition) is 5. The number of benzene rings is 1. The summed E-state index contributed by atoms with van der Waals surface area (Å²) >= 11 is 1.43. The van der Waals surface area contributed by atoms with E-state index in [2.05, 4.69) is 20.1 Å². The summed E-state index contributed by atoms with van der Waals surface area (Å²) in [5, 5.41) is 12.0. The number of carbonyl (C=O) groups excluding carboxylic acids is 2. The van der Waals surface area contributed by atoms with Crippen LogP contribution in [0.2, 0.25) is 0 Å². The first-order valence-electron chi connectivity index (χ1n) is 10.6. The van der Waals surface area contributed by atoms with Crippen molar-refractivity contribution >= 4 is 35.0 Å². The summed E-state index contributed by atoms with van der Waals surface area (Å²) in [4.78, 5) is 27.9. The largest absolute Gasteiger partial charge is 0.322 e. The van der Waals surface area contributed by atoms with Crippen LogP contribution in [0, 0.1) is 6.92 Å². The molecule has 160 valence electrons. The molecule has 4 rings (SSSR count). The van der Waals surface area contributed by atoms with E-state index in [9.17, 15) is 9.59 Å². The quantitative estimate of drug-likeness (QED) is 0.735. The summed E-state index contributed by atoms with van der Waals surface area (Å²) in [7, 11) is 0. The van der Waals surface area contributed by atoms with Crippen molar-refractivity contribution in [1.82, 2.24) is 14.8 Å². The number of thioether (sulfide) groups is 1. The molecule has 0 radical (unpaired) electrons. The van der Waals surface area contributed by atoms with Gasteiger partial charge in [-0.05, 0) is 52.7 Å². The fraction of sp³-hybridized carbons (Fsp3) is 0.545. The minimum absolute atomic E-state index is 0.108. The van der Waals surface area contributed by atoms with Crippen molar-refractivity contribution in [2.75, 3.05) is 10.2 Å². The Morgan fingerprint density at radius 2 is 1.90 bits per heavy atom. The standard InChI is InChI=1S/C22H29N5O2S/c1-14(30-21-25-24-15(2)26(21)16-10-6-5-7-11-16)19(28)27-18-13-9-8-12-17(18)23-20(29)22(27,3)4/h8-9,12-14,16H,5-7,10-11H2,1-4H3,(H,23,29)/t14-/m0/s1. The second kappa shape index (κ2) is 8.06. The van der Waals surface area contributed by atoms with E-state index in [4.69, 9.17) is 0 Å². The highest BCUT2D eigenvalue weighted by atomic mass is 32.2. The van der Waals surface area contributed by atoms with Gasteiger partial charge in [0.25, 0.3) is 0 Å². The van der Waals surface area contributed by atoms with E-state index in [1.54, 1.807) is 18.7 Å². The molecule has 1 aromatic carbocycles. The number of nitrogens with one attached hydrogen (secondary N) is 1. The average Bonchev–Trinajstić information content (AvgIpc) is 3.09. The molecule has 2 aliphatic rings. The van der Waals surface area contributed by atoms with Crippen molar-refractivity contribution in [2.24, 2.45) is 0 Å². The molecular weight excluding hydrogens is 398 g/mol. The number of para-hydroxylation sites is 2. The summed E-state index contributed by atoms with van der Waals surface area (Å²) in [5.41, 5.74) is 0.408. The van der Waals surface area contributed by atoms with E-state index in [0.717, 1.165) is 29.5 Å². The Labute approximate surface area is 181 Å². The number of hydrogen-bond donors (Lipinski definition) is 1. The Balaban J connectivity index is 1.61. The third-order valence-electron chi connectivity index (χ3n) is 6.13. The maximum atomic E-state index is 13.6. The summed E-state index contributed by atoms with van der Waals surface area (Å²) in [5.74, 6) is 0.600. The molecule has 1 atom stereocenters. The van der Waals surface area contributed by atoms with Gasteiger partial charge in [-0.25, -0.2) is 0 Å². The Hall–Kier alpha value is -2.35. The zero-order chi connectivity index (χ0) is 21.5. The Bertz CT molecular complexity index is 964. The third-order valence-corrected chi connectivity index (χ3v) is 7.18. The first kappa shape index (κ1) is 20.9. The van der Waals surface area contributed by atoms with Crippen LogP contribution in [0.25, 0.3) is 0 Å². The maximum absolute atomic E-state index is 13.6. The fourth-order valence-corrected chi connectivity index (χ4v) is 5.43. The van der Waals surface area contributed by atoms with Crippen molar-refractivity contribution in [2.45, 2.75) is 81.8 Å². The number of aryl methyl sites for hydroxylation is 1. The number of carbonyl (C=O) groups is 2. The van der Waals surface area contributed by atoms with E-state index in [0.29, 0.717) is 11.7 Å². The van der Waals surface area contributed by atoms with E-state index in [1.165, 1.54) is 31.0 Å². The fourth-order valence-electron chi connectivity index (χ4n) is 4.43. The lowest BCUT2D eigenvalue weighted by Gasteiger charge is -2.43. The normalized spacial score (nSPS) is 19.9. The smallest absolute Gasteiger partial charge is 0.250 e. The molecule has 0 spiro atoms. The predicted octanol–water partition coefficient (Wildman–Crippen LogP) is 4.34. The van der Waals surface area contributed by atoms with Crippen molar-refractivity contribution in [3.63, 3.8) is 0 Å². The Kier molecular flexibility index (Phi) is 5.61. The van der Waals surface area contributed by atoms with Gasteiger partial charge in [0, 0.05) is 6.04 Å². The van der Waals surface area contributed by atoms with Crippen LogP contribution in [-0.4, -0.2) is 37.4 Å². The number of anilines is 2. The molecule has 0 saturated heterocycles. The highest BCUT2D eigenvalue weighted by Gasteiger charge is 2.45. The number of amides is 2. The number of nitrogens with zero attached hydrogens (tertiary/aromatic N) is 4. The zero-order valence-electron chi connectivity index (χ0n) is 18.0. The monoisotopic (exact) mass is 427 g/mol. The van der Waals surface area contributed by atoms with Gasteiger partial charge in [0.1, 0.15) is 11.4 Å². The molecular formula is C22H29N5O2S. The molecule has 1 aliphatic heterocycles. The molecule has 2 aromatic rings. The highest BCUT2D eigenvalue weighted by molar-refractivity contribution is 8.00. The Morgan fingerprint density at radius 3 is 2.63 bits per heavy atom. The van der Waals surface area contributed by atoms with Gasteiger partial charge in [-0.3, -0.25) is 14.5 Å². The molecule has 2 heterocycles. The van der Waals surface area contributed by atoms with Gasteiger partial charge in [0.2, 0.25) is 11.8 Å². The lowest BCUT2D eigenvalue weighted by Crippen LogP contribution is -2.60. The van der Waals surface area contributed by atoms with Crippen molar-refractivity contribution < 1.29 is 9.59 Å². The second-order valence-corrected chi connectivity index (χ2v) is 9.96. The van der Waals surface area contributed by atoms with Crippen molar-refractivity contribution in [3.05, 3.63) is 30.1 Å². The third kappa shape index (κ3) is 3.62. The van der Waals surface area contributed by atoms with Crippen molar-refractivity contribution in [3.8, 4) is 0 Å². The van der Waals surface area contributed by atoms with Crippen LogP contribution < -0.4 is 10.2 Å². The molecule has 1 aromatic heterocycles. The summed E-state index contributed by atoms with van der Waals surface area (Å²) < 4.78 is 2.20. The number of aromatic nitrogens is 3. The lowest BCUT2D eigenvalue weighted by molar-refractivity contribution is -0.126. The molecule has 30 heavy (non-hydrogen) atoms. The molecule has 8 heteroatoms. The van der Waals surface area contributed by atoms with Crippen LogP contribution in [0.3, 0.4) is 0 Å². The SMILES string of the molecule is Cc1nnc(S[C@@H](C)C(=O)N2c3ccccc3NC(=O)C2(C)C)n1C1CCCCC1. The Morgan fingerprint density at radius 1 is 1.20 bits per heavy atom. The van der Waals surface area contributed by atoms with Gasteiger partial charge in [0.15, 0.2) is 5.16 Å². The van der Waals surface area contributed by atoms with Crippen molar-refractivity contribution in [1.29, 1.82) is 0 Å². The van der Waals surface area contributed by atoms with Gasteiger partial charge in [0.05, 0.1) is 16.6 Å². The molecule has 0 bridgehead atoms. The van der Waals surface area contributed by atoms with Crippen LogP contribution in [0.15, 0.2) is 29.4 Å². The van der Waals surface area contributed by atoms with Crippen LogP contribution in [0.5, 0.6) is 0 Å². The first-order valence-corrected chi connectivity index (χ1v) is 11.5. The topological polar surface area (TPSA) is 80.1 Å². The van der Waals surface area contributed by atoms with Crippen LogP contribution in [-0.2, 0) is 9.59 Å². The van der Waals surface area contributed by atoms with Gasteiger partial charge in [-0.1, -0.05) is 43.2 Å². The highest BCUT2D eigenvalue weighted by Crippen LogP contribution is 2.39. The molecule has 1 N–H and O–H groups in total.